The first-order valence-corrected chi connectivity index (χ1v) is 10.6. The Morgan fingerprint density at radius 2 is 2.07 bits per heavy atom. The SMILES string of the molecule is CCNC(=O)C1CCN(c2cc(-c3cccc(OC)c3)nc3ccsc23)CC1.Cl. The molecule has 0 spiro atoms. The number of carbonyl (C=O) groups excluding carboxylic acids is 1. The van der Waals surface area contributed by atoms with E-state index in [1.807, 2.05) is 25.1 Å². The highest BCUT2D eigenvalue weighted by Gasteiger charge is 2.26. The number of piperidine rings is 1. The van der Waals surface area contributed by atoms with Crippen LogP contribution < -0.4 is 15.0 Å². The molecule has 1 N–H and O–H groups in total. The number of thiophene rings is 1. The summed E-state index contributed by atoms with van der Waals surface area (Å²) < 4.78 is 6.59. The molecule has 1 aliphatic heterocycles. The van der Waals surface area contributed by atoms with Gasteiger partial charge in [-0.3, -0.25) is 4.79 Å². The molecule has 0 bridgehead atoms. The zero-order chi connectivity index (χ0) is 19.5. The molecule has 7 heteroatoms. The summed E-state index contributed by atoms with van der Waals surface area (Å²) in [6.45, 7) is 4.44. The fourth-order valence-corrected chi connectivity index (χ4v) is 4.68. The summed E-state index contributed by atoms with van der Waals surface area (Å²) in [4.78, 5) is 19.4. The molecule has 5 nitrogen and oxygen atoms in total. The van der Waals surface area contributed by atoms with Crippen LogP contribution in [0.15, 0.2) is 41.8 Å². The number of methoxy groups -OCH3 is 1. The third-order valence-electron chi connectivity index (χ3n) is 5.31. The normalized spacial score (nSPS) is 14.5. The van der Waals surface area contributed by atoms with Crippen molar-refractivity contribution in [2.24, 2.45) is 5.92 Å². The van der Waals surface area contributed by atoms with Gasteiger partial charge >= 0.3 is 0 Å². The lowest BCUT2D eigenvalue weighted by Gasteiger charge is -2.33. The smallest absolute Gasteiger partial charge is 0.223 e. The summed E-state index contributed by atoms with van der Waals surface area (Å²) in [5, 5.41) is 5.05. The van der Waals surface area contributed by atoms with Gasteiger partial charge < -0.3 is 15.0 Å². The second kappa shape index (κ2) is 9.46. The molecule has 29 heavy (non-hydrogen) atoms. The second-order valence-corrected chi connectivity index (χ2v) is 7.97. The summed E-state index contributed by atoms with van der Waals surface area (Å²) in [6, 6.07) is 12.3. The van der Waals surface area contributed by atoms with Crippen LogP contribution in [-0.2, 0) is 4.79 Å². The Labute approximate surface area is 181 Å². The first-order valence-electron chi connectivity index (χ1n) is 9.75. The van der Waals surface area contributed by atoms with Crippen molar-refractivity contribution in [3.63, 3.8) is 0 Å². The van der Waals surface area contributed by atoms with Gasteiger partial charge in [0.1, 0.15) is 5.75 Å². The number of anilines is 1. The van der Waals surface area contributed by atoms with Gasteiger partial charge in [0.2, 0.25) is 5.91 Å². The van der Waals surface area contributed by atoms with E-state index in [-0.39, 0.29) is 24.2 Å². The predicted octanol–water partition coefficient (Wildman–Crippen LogP) is 4.75. The van der Waals surface area contributed by atoms with E-state index in [1.165, 1.54) is 10.4 Å². The molecule has 1 fully saturated rings. The molecular weight excluding hydrogens is 406 g/mol. The van der Waals surface area contributed by atoms with E-state index >= 15 is 0 Å². The highest BCUT2D eigenvalue weighted by molar-refractivity contribution is 7.17. The minimum atomic E-state index is 0. The van der Waals surface area contributed by atoms with Gasteiger partial charge in [0, 0.05) is 31.1 Å². The van der Waals surface area contributed by atoms with Gasteiger partial charge in [0.25, 0.3) is 0 Å². The lowest BCUT2D eigenvalue weighted by Crippen LogP contribution is -2.40. The number of hydrogen-bond acceptors (Lipinski definition) is 5. The number of ether oxygens (including phenoxy) is 1. The summed E-state index contributed by atoms with van der Waals surface area (Å²) >= 11 is 1.73. The number of halogens is 1. The van der Waals surface area contributed by atoms with Crippen LogP contribution in [0.4, 0.5) is 5.69 Å². The fraction of sp³-hybridized carbons (Fsp3) is 0.364. The summed E-state index contributed by atoms with van der Waals surface area (Å²) in [6.07, 6.45) is 1.77. The van der Waals surface area contributed by atoms with Gasteiger partial charge in [-0.2, -0.15) is 0 Å². The Hall–Kier alpha value is -2.31. The zero-order valence-corrected chi connectivity index (χ0v) is 18.3. The molecule has 1 aliphatic rings. The average molecular weight is 432 g/mol. The molecule has 0 saturated carbocycles. The highest BCUT2D eigenvalue weighted by atomic mass is 35.5. The number of aromatic nitrogens is 1. The Morgan fingerprint density at radius 3 is 2.79 bits per heavy atom. The molecule has 0 radical (unpaired) electrons. The van der Waals surface area contributed by atoms with E-state index in [9.17, 15) is 4.79 Å². The average Bonchev–Trinajstić information content (AvgIpc) is 3.22. The molecule has 3 heterocycles. The van der Waals surface area contributed by atoms with Gasteiger partial charge in [-0.25, -0.2) is 4.98 Å². The number of amides is 1. The molecule has 4 rings (SSSR count). The van der Waals surface area contributed by atoms with Crippen molar-refractivity contribution in [2.45, 2.75) is 19.8 Å². The first-order chi connectivity index (χ1) is 13.7. The Kier molecular flexibility index (Phi) is 6.98. The monoisotopic (exact) mass is 431 g/mol. The minimum Gasteiger partial charge on any atom is -0.497 e. The van der Waals surface area contributed by atoms with Crippen molar-refractivity contribution < 1.29 is 9.53 Å². The standard InChI is InChI=1S/C22H25N3O2S.ClH/c1-3-23-22(26)15-7-10-25(11-8-15)20-14-19(24-18-9-12-28-21(18)20)16-5-4-6-17(13-16)27-2;/h4-6,9,12-15H,3,7-8,10-11H2,1-2H3,(H,23,26);1H. The summed E-state index contributed by atoms with van der Waals surface area (Å²) in [7, 11) is 1.68. The summed E-state index contributed by atoms with van der Waals surface area (Å²) in [5.41, 5.74) is 4.23. The highest BCUT2D eigenvalue weighted by Crippen LogP contribution is 2.36. The predicted molar refractivity (Wildman–Crippen MR) is 122 cm³/mol. The van der Waals surface area contributed by atoms with E-state index in [0.29, 0.717) is 6.54 Å². The van der Waals surface area contributed by atoms with Crippen LogP contribution in [0, 0.1) is 5.92 Å². The number of pyridine rings is 1. The molecule has 0 atom stereocenters. The maximum absolute atomic E-state index is 12.2. The number of nitrogens with one attached hydrogen (secondary N) is 1. The van der Waals surface area contributed by atoms with Gasteiger partial charge in [-0.1, -0.05) is 12.1 Å². The number of nitrogens with zero attached hydrogens (tertiary/aromatic N) is 2. The first kappa shape index (κ1) is 21.4. The van der Waals surface area contributed by atoms with Gasteiger partial charge in [0.05, 0.1) is 28.7 Å². The van der Waals surface area contributed by atoms with Crippen LogP contribution >= 0.6 is 23.7 Å². The number of rotatable bonds is 5. The van der Waals surface area contributed by atoms with E-state index < -0.39 is 0 Å². The Bertz CT molecular complexity index is 983. The van der Waals surface area contributed by atoms with Gasteiger partial charge in [0.15, 0.2) is 0 Å². The molecule has 1 saturated heterocycles. The molecule has 1 aromatic carbocycles. The molecule has 0 unspecified atom stereocenters. The lowest BCUT2D eigenvalue weighted by molar-refractivity contribution is -0.125. The van der Waals surface area contributed by atoms with E-state index in [1.54, 1.807) is 18.4 Å². The van der Waals surface area contributed by atoms with Crippen molar-refractivity contribution in [3.8, 4) is 17.0 Å². The van der Waals surface area contributed by atoms with Crippen LogP contribution in [0.25, 0.3) is 21.5 Å². The third-order valence-corrected chi connectivity index (χ3v) is 6.24. The Morgan fingerprint density at radius 1 is 1.28 bits per heavy atom. The Balaban J connectivity index is 0.00000240. The van der Waals surface area contributed by atoms with Crippen LogP contribution in [0.5, 0.6) is 5.75 Å². The molecule has 1 amide bonds. The quantitative estimate of drug-likeness (QED) is 0.633. The van der Waals surface area contributed by atoms with Crippen LogP contribution in [0.3, 0.4) is 0 Å². The molecular formula is C22H26ClN3O2S. The summed E-state index contributed by atoms with van der Waals surface area (Å²) in [5.74, 6) is 1.14. The topological polar surface area (TPSA) is 54.5 Å². The second-order valence-electron chi connectivity index (χ2n) is 7.05. The maximum Gasteiger partial charge on any atom is 0.223 e. The van der Waals surface area contributed by atoms with Gasteiger partial charge in [-0.15, -0.1) is 23.7 Å². The van der Waals surface area contributed by atoms with Crippen LogP contribution in [0.2, 0.25) is 0 Å². The van der Waals surface area contributed by atoms with E-state index in [4.69, 9.17) is 9.72 Å². The van der Waals surface area contributed by atoms with E-state index in [0.717, 1.165) is 48.5 Å². The van der Waals surface area contributed by atoms with Crippen LogP contribution in [0.1, 0.15) is 19.8 Å². The number of fused-ring (bicyclic) bond motifs is 1. The van der Waals surface area contributed by atoms with Crippen molar-refractivity contribution in [3.05, 3.63) is 41.8 Å². The van der Waals surface area contributed by atoms with Crippen molar-refractivity contribution in [1.29, 1.82) is 0 Å². The van der Waals surface area contributed by atoms with Crippen LogP contribution in [-0.4, -0.2) is 37.6 Å². The fourth-order valence-electron chi connectivity index (χ4n) is 3.81. The van der Waals surface area contributed by atoms with Gasteiger partial charge in [-0.05, 0) is 49.4 Å². The number of hydrogen-bond donors (Lipinski definition) is 1. The van der Waals surface area contributed by atoms with E-state index in [2.05, 4.69) is 33.8 Å². The van der Waals surface area contributed by atoms with Crippen molar-refractivity contribution in [1.82, 2.24) is 10.3 Å². The molecule has 2 aromatic heterocycles. The minimum absolute atomic E-state index is 0. The third kappa shape index (κ3) is 4.49. The number of carbonyl (C=O) groups is 1. The van der Waals surface area contributed by atoms with Crippen molar-refractivity contribution in [2.75, 3.05) is 31.6 Å². The molecule has 3 aromatic rings. The number of benzene rings is 1. The molecule has 154 valence electrons. The maximum atomic E-state index is 12.2. The van der Waals surface area contributed by atoms with Crippen molar-refractivity contribution >= 4 is 45.6 Å². The zero-order valence-electron chi connectivity index (χ0n) is 16.7. The lowest BCUT2D eigenvalue weighted by atomic mass is 9.95. The largest absolute Gasteiger partial charge is 0.497 e. The molecule has 0 aliphatic carbocycles.